The molecule has 0 radical (unpaired) electrons. The molecule has 2 N–H and O–H groups in total. The van der Waals surface area contributed by atoms with Crippen LogP contribution in [0.1, 0.15) is 60.5 Å². The standard InChI is InChI=1S/C17H21N3O3S/c1-9-14(10(2)18-15(9)17(22)23)16(21)20(3)8-13-19-11-6-4-5-7-12(11)24-13/h18H,4-8H2,1-3H3,(H,22,23). The molecule has 0 unspecified atom stereocenters. The largest absolute Gasteiger partial charge is 0.477 e. The molecule has 7 heteroatoms. The van der Waals surface area contributed by atoms with Gasteiger partial charge in [0.05, 0.1) is 17.8 Å². The topological polar surface area (TPSA) is 86.3 Å². The van der Waals surface area contributed by atoms with Gasteiger partial charge in [-0.15, -0.1) is 11.3 Å². The molecule has 1 aliphatic rings. The fourth-order valence-electron chi connectivity index (χ4n) is 3.22. The second-order valence-corrected chi connectivity index (χ2v) is 7.44. The van der Waals surface area contributed by atoms with Crippen LogP contribution < -0.4 is 0 Å². The van der Waals surface area contributed by atoms with Crippen molar-refractivity contribution in [2.24, 2.45) is 0 Å². The fraction of sp³-hybridized carbons (Fsp3) is 0.471. The third-order valence-corrected chi connectivity index (χ3v) is 5.62. The van der Waals surface area contributed by atoms with Gasteiger partial charge in [0.2, 0.25) is 0 Å². The molecule has 0 bridgehead atoms. The molecule has 0 saturated heterocycles. The fourth-order valence-corrected chi connectivity index (χ4v) is 4.43. The first-order valence-electron chi connectivity index (χ1n) is 8.04. The molecule has 0 aromatic carbocycles. The molecule has 2 aromatic rings. The summed E-state index contributed by atoms with van der Waals surface area (Å²) in [5, 5.41) is 10.1. The average Bonchev–Trinajstić information content (AvgIpc) is 3.06. The third-order valence-electron chi connectivity index (χ3n) is 4.47. The van der Waals surface area contributed by atoms with Gasteiger partial charge in [0, 0.05) is 17.6 Å². The van der Waals surface area contributed by atoms with E-state index in [9.17, 15) is 14.7 Å². The van der Waals surface area contributed by atoms with E-state index in [1.54, 1.807) is 37.1 Å². The first-order chi connectivity index (χ1) is 11.4. The van der Waals surface area contributed by atoms with Gasteiger partial charge in [0.1, 0.15) is 10.7 Å². The van der Waals surface area contributed by atoms with E-state index in [2.05, 4.69) is 9.97 Å². The highest BCUT2D eigenvalue weighted by Gasteiger charge is 2.25. The first-order valence-corrected chi connectivity index (χ1v) is 8.85. The van der Waals surface area contributed by atoms with Crippen LogP contribution >= 0.6 is 11.3 Å². The van der Waals surface area contributed by atoms with Gasteiger partial charge in [-0.2, -0.15) is 0 Å². The zero-order chi connectivity index (χ0) is 17.4. The Hall–Kier alpha value is -2.15. The Balaban J connectivity index is 1.80. The molecule has 0 aliphatic heterocycles. The van der Waals surface area contributed by atoms with E-state index in [0.717, 1.165) is 17.8 Å². The van der Waals surface area contributed by atoms with Gasteiger partial charge in [-0.1, -0.05) is 0 Å². The molecule has 0 saturated carbocycles. The second kappa shape index (κ2) is 6.39. The number of carbonyl (C=O) groups is 2. The van der Waals surface area contributed by atoms with E-state index in [4.69, 9.17) is 0 Å². The predicted octanol–water partition coefficient (Wildman–Crippen LogP) is 2.94. The molecule has 0 spiro atoms. The Morgan fingerprint density at radius 1 is 1.29 bits per heavy atom. The number of aryl methyl sites for hydroxylation is 3. The number of carboxylic acids is 1. The number of aromatic amines is 1. The lowest BCUT2D eigenvalue weighted by atomic mass is 10.0. The quantitative estimate of drug-likeness (QED) is 0.890. The summed E-state index contributed by atoms with van der Waals surface area (Å²) in [5.41, 5.74) is 2.77. The number of carboxylic acid groups (broad SMARTS) is 1. The number of rotatable bonds is 4. The van der Waals surface area contributed by atoms with E-state index in [1.807, 2.05) is 0 Å². The Bertz CT molecular complexity index is 783. The molecule has 128 valence electrons. The van der Waals surface area contributed by atoms with Crippen molar-refractivity contribution in [3.05, 3.63) is 38.1 Å². The minimum Gasteiger partial charge on any atom is -0.477 e. The lowest BCUT2D eigenvalue weighted by Crippen LogP contribution is -2.27. The molecule has 1 aliphatic carbocycles. The van der Waals surface area contributed by atoms with Crippen molar-refractivity contribution in [3.63, 3.8) is 0 Å². The maximum absolute atomic E-state index is 12.8. The van der Waals surface area contributed by atoms with Crippen LogP contribution in [0, 0.1) is 13.8 Å². The SMILES string of the molecule is Cc1[nH]c(C(=O)O)c(C)c1C(=O)N(C)Cc1nc2c(s1)CCCC2. The van der Waals surface area contributed by atoms with Crippen LogP contribution in [0.5, 0.6) is 0 Å². The minimum absolute atomic E-state index is 0.0777. The molecular weight excluding hydrogens is 326 g/mol. The number of aromatic carboxylic acids is 1. The molecule has 6 nitrogen and oxygen atoms in total. The summed E-state index contributed by atoms with van der Waals surface area (Å²) < 4.78 is 0. The van der Waals surface area contributed by atoms with Crippen LogP contribution in [0.15, 0.2) is 0 Å². The molecule has 2 heterocycles. The van der Waals surface area contributed by atoms with E-state index in [0.29, 0.717) is 23.4 Å². The first kappa shape index (κ1) is 16.7. The van der Waals surface area contributed by atoms with Crippen LogP contribution in [0.2, 0.25) is 0 Å². The van der Waals surface area contributed by atoms with E-state index < -0.39 is 5.97 Å². The van der Waals surface area contributed by atoms with E-state index >= 15 is 0 Å². The predicted molar refractivity (Wildman–Crippen MR) is 91.8 cm³/mol. The highest BCUT2D eigenvalue weighted by Crippen LogP contribution is 2.28. The minimum atomic E-state index is -1.05. The number of thiazole rings is 1. The third kappa shape index (κ3) is 2.96. The summed E-state index contributed by atoms with van der Waals surface area (Å²) in [5.74, 6) is -1.23. The summed E-state index contributed by atoms with van der Waals surface area (Å²) in [6, 6.07) is 0. The van der Waals surface area contributed by atoms with E-state index in [-0.39, 0.29) is 11.6 Å². The van der Waals surface area contributed by atoms with Gasteiger partial charge in [-0.25, -0.2) is 9.78 Å². The number of fused-ring (bicyclic) bond motifs is 1. The normalized spacial score (nSPS) is 13.6. The zero-order valence-corrected chi connectivity index (χ0v) is 14.9. The summed E-state index contributed by atoms with van der Waals surface area (Å²) >= 11 is 1.69. The number of aromatic nitrogens is 2. The lowest BCUT2D eigenvalue weighted by Gasteiger charge is -2.16. The van der Waals surface area contributed by atoms with Crippen LogP contribution in [0.3, 0.4) is 0 Å². The molecule has 2 aromatic heterocycles. The van der Waals surface area contributed by atoms with Crippen molar-refractivity contribution in [1.29, 1.82) is 0 Å². The Morgan fingerprint density at radius 3 is 2.62 bits per heavy atom. The van der Waals surface area contributed by atoms with Gasteiger partial charge in [0.25, 0.3) is 5.91 Å². The summed E-state index contributed by atoms with van der Waals surface area (Å²) in [6.45, 7) is 3.84. The number of amides is 1. The maximum Gasteiger partial charge on any atom is 0.352 e. The van der Waals surface area contributed by atoms with Crippen molar-refractivity contribution >= 4 is 23.2 Å². The second-order valence-electron chi connectivity index (χ2n) is 6.28. The summed E-state index contributed by atoms with van der Waals surface area (Å²) in [7, 11) is 1.73. The van der Waals surface area contributed by atoms with E-state index in [1.165, 1.54) is 23.4 Å². The van der Waals surface area contributed by atoms with Crippen LogP contribution in [0.25, 0.3) is 0 Å². The molecule has 0 atom stereocenters. The molecule has 24 heavy (non-hydrogen) atoms. The number of hydrogen-bond acceptors (Lipinski definition) is 4. The van der Waals surface area contributed by atoms with Crippen LogP contribution in [-0.4, -0.2) is 38.9 Å². The smallest absolute Gasteiger partial charge is 0.352 e. The molecule has 1 amide bonds. The van der Waals surface area contributed by atoms with Gasteiger partial charge < -0.3 is 15.0 Å². The number of nitrogens with zero attached hydrogens (tertiary/aromatic N) is 2. The maximum atomic E-state index is 12.8. The monoisotopic (exact) mass is 347 g/mol. The average molecular weight is 347 g/mol. The summed E-state index contributed by atoms with van der Waals surface area (Å²) in [6.07, 6.45) is 4.51. The molecule has 3 rings (SSSR count). The van der Waals surface area contributed by atoms with Crippen molar-refractivity contribution < 1.29 is 14.7 Å². The Morgan fingerprint density at radius 2 is 2.00 bits per heavy atom. The Kier molecular flexibility index (Phi) is 4.45. The van der Waals surface area contributed by atoms with Crippen molar-refractivity contribution in [2.75, 3.05) is 7.05 Å². The van der Waals surface area contributed by atoms with Gasteiger partial charge in [-0.05, 0) is 45.1 Å². The van der Waals surface area contributed by atoms with Crippen molar-refractivity contribution in [1.82, 2.24) is 14.9 Å². The van der Waals surface area contributed by atoms with Crippen molar-refractivity contribution in [2.45, 2.75) is 46.1 Å². The molecular formula is C17H21N3O3S. The van der Waals surface area contributed by atoms with Crippen LogP contribution in [0.4, 0.5) is 0 Å². The Labute approximate surface area is 144 Å². The highest BCUT2D eigenvalue weighted by molar-refractivity contribution is 7.11. The van der Waals surface area contributed by atoms with Crippen molar-refractivity contribution in [3.8, 4) is 0 Å². The molecule has 0 fully saturated rings. The number of nitrogens with one attached hydrogen (secondary N) is 1. The number of hydrogen-bond donors (Lipinski definition) is 2. The van der Waals surface area contributed by atoms with Gasteiger partial charge in [-0.3, -0.25) is 4.79 Å². The lowest BCUT2D eigenvalue weighted by molar-refractivity contribution is 0.0690. The van der Waals surface area contributed by atoms with Gasteiger partial charge >= 0.3 is 5.97 Å². The number of carbonyl (C=O) groups excluding carboxylic acids is 1. The summed E-state index contributed by atoms with van der Waals surface area (Å²) in [4.78, 5) is 34.4. The van der Waals surface area contributed by atoms with Crippen LogP contribution in [-0.2, 0) is 19.4 Å². The highest BCUT2D eigenvalue weighted by atomic mass is 32.1. The zero-order valence-electron chi connectivity index (χ0n) is 14.1. The van der Waals surface area contributed by atoms with Gasteiger partial charge in [0.15, 0.2) is 0 Å². The number of H-pyrrole nitrogens is 1.